The predicted molar refractivity (Wildman–Crippen MR) is 84.2 cm³/mol. The Morgan fingerprint density at radius 1 is 1.45 bits per heavy atom. The highest BCUT2D eigenvalue weighted by Crippen LogP contribution is 2.29. The van der Waals surface area contributed by atoms with Crippen molar-refractivity contribution in [3.05, 3.63) is 4.88 Å². The summed E-state index contributed by atoms with van der Waals surface area (Å²) in [6, 6.07) is 0. The topological polar surface area (TPSA) is 80.0 Å². The maximum Gasteiger partial charge on any atom is 0.265 e. The van der Waals surface area contributed by atoms with Crippen LogP contribution in [0.3, 0.4) is 0 Å². The normalized spacial score (nSPS) is 15.8. The summed E-state index contributed by atoms with van der Waals surface area (Å²) in [5.41, 5.74) is 5.73. The molecule has 0 spiro atoms. The predicted octanol–water partition coefficient (Wildman–Crippen LogP) is 2.86. The minimum Gasteiger partial charge on any atom is -0.382 e. The second-order valence-electron chi connectivity index (χ2n) is 6.45. The van der Waals surface area contributed by atoms with Gasteiger partial charge in [-0.05, 0) is 33.1 Å². The summed E-state index contributed by atoms with van der Waals surface area (Å²) in [5.74, 6) is 0.997. The van der Waals surface area contributed by atoms with Gasteiger partial charge in [-0.2, -0.15) is 0 Å². The Balaban J connectivity index is 1.88. The molecule has 5 nitrogen and oxygen atoms in total. The first-order valence-corrected chi connectivity index (χ1v) is 7.99. The van der Waals surface area contributed by atoms with E-state index in [1.165, 1.54) is 30.6 Å². The number of nitrogens with one attached hydrogen (secondary N) is 2. The third-order valence-corrected chi connectivity index (χ3v) is 4.39. The number of rotatable bonds is 5. The lowest BCUT2D eigenvalue weighted by Gasteiger charge is -2.25. The third-order valence-electron chi connectivity index (χ3n) is 3.40. The maximum atomic E-state index is 12.1. The summed E-state index contributed by atoms with van der Waals surface area (Å²) in [7, 11) is 0. The van der Waals surface area contributed by atoms with E-state index in [2.05, 4.69) is 15.6 Å². The highest BCUT2D eigenvalue weighted by molar-refractivity contribution is 7.18. The number of anilines is 2. The summed E-state index contributed by atoms with van der Waals surface area (Å²) in [6.45, 7) is 6.86. The van der Waals surface area contributed by atoms with E-state index in [-0.39, 0.29) is 11.4 Å². The molecule has 1 saturated carbocycles. The van der Waals surface area contributed by atoms with Crippen LogP contribution in [0.5, 0.6) is 0 Å². The van der Waals surface area contributed by atoms with Crippen LogP contribution in [-0.4, -0.2) is 23.0 Å². The van der Waals surface area contributed by atoms with E-state index in [9.17, 15) is 4.79 Å². The van der Waals surface area contributed by atoms with Crippen molar-refractivity contribution in [3.63, 3.8) is 0 Å². The molecule has 1 aliphatic carbocycles. The summed E-state index contributed by atoms with van der Waals surface area (Å²) >= 11 is 1.31. The van der Waals surface area contributed by atoms with Crippen molar-refractivity contribution in [2.75, 3.05) is 17.6 Å². The van der Waals surface area contributed by atoms with E-state index in [1.54, 1.807) is 0 Å². The first kappa shape index (κ1) is 15.1. The van der Waals surface area contributed by atoms with Crippen molar-refractivity contribution in [3.8, 4) is 0 Å². The minimum absolute atomic E-state index is 0.0950. The van der Waals surface area contributed by atoms with Gasteiger partial charge in [0.25, 0.3) is 5.91 Å². The molecule has 1 aromatic rings. The quantitative estimate of drug-likeness (QED) is 0.780. The standard InChI is InChI=1S/C14H24N4OS/c1-14(2,3)18-13-17-11(15)10(20-13)12(19)16-8-7-9-5-4-6-9/h9H,4-8,15H2,1-3H3,(H,16,19)(H,17,18). The second kappa shape index (κ2) is 5.99. The van der Waals surface area contributed by atoms with Gasteiger partial charge in [-0.3, -0.25) is 4.79 Å². The van der Waals surface area contributed by atoms with E-state index >= 15 is 0 Å². The zero-order chi connectivity index (χ0) is 14.8. The monoisotopic (exact) mass is 296 g/mol. The molecule has 0 aromatic carbocycles. The van der Waals surface area contributed by atoms with Gasteiger partial charge in [0.05, 0.1) is 0 Å². The number of aromatic nitrogens is 1. The highest BCUT2D eigenvalue weighted by atomic mass is 32.1. The lowest BCUT2D eigenvalue weighted by atomic mass is 9.83. The summed E-state index contributed by atoms with van der Waals surface area (Å²) < 4.78 is 0. The molecular weight excluding hydrogens is 272 g/mol. The van der Waals surface area contributed by atoms with Gasteiger partial charge in [0, 0.05) is 12.1 Å². The van der Waals surface area contributed by atoms with Crippen molar-refractivity contribution in [2.45, 2.75) is 52.0 Å². The van der Waals surface area contributed by atoms with Crippen molar-refractivity contribution in [2.24, 2.45) is 5.92 Å². The highest BCUT2D eigenvalue weighted by Gasteiger charge is 2.20. The average Bonchev–Trinajstić information content (AvgIpc) is 2.60. The smallest absolute Gasteiger partial charge is 0.265 e. The fourth-order valence-corrected chi connectivity index (χ4v) is 3.13. The largest absolute Gasteiger partial charge is 0.382 e. The van der Waals surface area contributed by atoms with Gasteiger partial charge in [0.2, 0.25) is 0 Å². The fourth-order valence-electron chi connectivity index (χ4n) is 2.12. The Bertz CT molecular complexity index is 474. The molecule has 1 heterocycles. The van der Waals surface area contributed by atoms with Gasteiger partial charge in [-0.25, -0.2) is 4.98 Å². The van der Waals surface area contributed by atoms with Crippen LogP contribution in [0.2, 0.25) is 0 Å². The van der Waals surface area contributed by atoms with Gasteiger partial charge in [-0.1, -0.05) is 30.6 Å². The molecule has 1 fully saturated rings. The molecule has 0 radical (unpaired) electrons. The zero-order valence-electron chi connectivity index (χ0n) is 12.5. The number of carbonyl (C=O) groups is 1. The molecule has 1 amide bonds. The molecule has 0 saturated heterocycles. The van der Waals surface area contributed by atoms with Crippen LogP contribution in [0.25, 0.3) is 0 Å². The van der Waals surface area contributed by atoms with Gasteiger partial charge in [-0.15, -0.1) is 0 Å². The van der Waals surface area contributed by atoms with Crippen LogP contribution < -0.4 is 16.4 Å². The van der Waals surface area contributed by atoms with Crippen LogP contribution in [0.1, 0.15) is 56.1 Å². The van der Waals surface area contributed by atoms with Gasteiger partial charge in [0.15, 0.2) is 5.13 Å². The molecule has 6 heteroatoms. The van der Waals surface area contributed by atoms with Gasteiger partial charge in [0.1, 0.15) is 10.7 Å². The lowest BCUT2D eigenvalue weighted by molar-refractivity contribution is 0.0953. The zero-order valence-corrected chi connectivity index (χ0v) is 13.3. The van der Waals surface area contributed by atoms with Gasteiger partial charge < -0.3 is 16.4 Å². The SMILES string of the molecule is CC(C)(C)Nc1nc(N)c(C(=O)NCCC2CCC2)s1. The van der Waals surface area contributed by atoms with Crippen molar-refractivity contribution >= 4 is 28.2 Å². The van der Waals surface area contributed by atoms with Crippen molar-refractivity contribution in [1.29, 1.82) is 0 Å². The first-order valence-electron chi connectivity index (χ1n) is 7.18. The Morgan fingerprint density at radius 2 is 2.15 bits per heavy atom. The summed E-state index contributed by atoms with van der Waals surface area (Å²) in [6.07, 6.45) is 5.01. The number of hydrogen-bond acceptors (Lipinski definition) is 5. The number of nitrogens with zero attached hydrogens (tertiary/aromatic N) is 1. The van der Waals surface area contributed by atoms with Gasteiger partial charge >= 0.3 is 0 Å². The number of amides is 1. The molecule has 4 N–H and O–H groups in total. The van der Waals surface area contributed by atoms with E-state index in [1.807, 2.05) is 20.8 Å². The molecule has 0 atom stereocenters. The Hall–Kier alpha value is -1.30. The van der Waals surface area contributed by atoms with Crippen LogP contribution in [0.4, 0.5) is 10.9 Å². The Labute approximate surface area is 124 Å². The summed E-state index contributed by atoms with van der Waals surface area (Å²) in [4.78, 5) is 16.8. The molecule has 2 rings (SSSR count). The van der Waals surface area contributed by atoms with E-state index in [0.717, 1.165) is 18.9 Å². The molecule has 1 aliphatic rings. The Morgan fingerprint density at radius 3 is 2.70 bits per heavy atom. The molecule has 0 bridgehead atoms. The molecule has 20 heavy (non-hydrogen) atoms. The number of nitrogen functional groups attached to an aromatic ring is 1. The lowest BCUT2D eigenvalue weighted by Crippen LogP contribution is -2.27. The van der Waals surface area contributed by atoms with Crippen LogP contribution in [0, 0.1) is 5.92 Å². The maximum absolute atomic E-state index is 12.1. The molecule has 0 aliphatic heterocycles. The molecular formula is C14H24N4OS. The minimum atomic E-state index is -0.110. The van der Waals surface area contributed by atoms with Crippen LogP contribution >= 0.6 is 11.3 Å². The number of thiazole rings is 1. The molecule has 112 valence electrons. The van der Waals surface area contributed by atoms with Crippen molar-refractivity contribution < 1.29 is 4.79 Å². The van der Waals surface area contributed by atoms with Crippen molar-refractivity contribution in [1.82, 2.24) is 10.3 Å². The van der Waals surface area contributed by atoms with Crippen LogP contribution in [-0.2, 0) is 0 Å². The first-order chi connectivity index (χ1) is 9.35. The summed E-state index contributed by atoms with van der Waals surface area (Å²) in [5, 5.41) is 6.87. The second-order valence-corrected chi connectivity index (χ2v) is 7.45. The number of carbonyl (C=O) groups excluding carboxylic acids is 1. The fraction of sp³-hybridized carbons (Fsp3) is 0.714. The number of hydrogen-bond donors (Lipinski definition) is 3. The third kappa shape index (κ3) is 4.10. The van der Waals surface area contributed by atoms with Crippen LogP contribution in [0.15, 0.2) is 0 Å². The van der Waals surface area contributed by atoms with E-state index < -0.39 is 0 Å². The van der Waals surface area contributed by atoms with E-state index in [0.29, 0.717) is 15.8 Å². The average molecular weight is 296 g/mol. The molecule has 1 aromatic heterocycles. The Kier molecular flexibility index (Phi) is 4.52. The number of nitrogens with two attached hydrogens (primary N) is 1. The molecule has 0 unspecified atom stereocenters. The van der Waals surface area contributed by atoms with E-state index in [4.69, 9.17) is 5.73 Å².